The van der Waals surface area contributed by atoms with Gasteiger partial charge in [-0.15, -0.1) is 0 Å². The van der Waals surface area contributed by atoms with E-state index in [4.69, 9.17) is 4.74 Å². The number of para-hydroxylation sites is 2. The van der Waals surface area contributed by atoms with Crippen molar-refractivity contribution in [3.05, 3.63) is 54.1 Å². The normalized spacial score (nSPS) is 11.0. The molecular weight excluding hydrogens is 394 g/mol. The Bertz CT molecular complexity index is 1040. The summed E-state index contributed by atoms with van der Waals surface area (Å²) in [5, 5.41) is 8.41. The molecule has 0 unspecified atom stereocenters. The van der Waals surface area contributed by atoms with Crippen LogP contribution in [0.2, 0.25) is 0 Å². The van der Waals surface area contributed by atoms with Gasteiger partial charge in [-0.05, 0) is 57.5 Å². The summed E-state index contributed by atoms with van der Waals surface area (Å²) < 4.78 is 7.43. The van der Waals surface area contributed by atoms with Gasteiger partial charge in [0, 0.05) is 37.1 Å². The predicted octanol–water partition coefficient (Wildman–Crippen LogP) is 4.25. The number of aromatic nitrogens is 2. The summed E-state index contributed by atoms with van der Waals surface area (Å²) in [5.41, 5.74) is 2.73. The third kappa shape index (κ3) is 6.05. The molecular formula is C23H29N5O3. The molecule has 1 aromatic heterocycles. The second-order valence-corrected chi connectivity index (χ2v) is 7.41. The van der Waals surface area contributed by atoms with Crippen LogP contribution in [0.1, 0.15) is 37.6 Å². The van der Waals surface area contributed by atoms with Crippen molar-refractivity contribution < 1.29 is 14.3 Å². The minimum absolute atomic E-state index is 0.0159. The van der Waals surface area contributed by atoms with Crippen molar-refractivity contribution in [3.8, 4) is 0 Å². The summed E-state index contributed by atoms with van der Waals surface area (Å²) in [7, 11) is 0. The molecule has 0 radical (unpaired) electrons. The molecule has 2 aromatic carbocycles. The van der Waals surface area contributed by atoms with Crippen molar-refractivity contribution >= 4 is 34.6 Å². The highest BCUT2D eigenvalue weighted by Crippen LogP contribution is 2.21. The molecule has 0 bridgehead atoms. The van der Waals surface area contributed by atoms with Gasteiger partial charge in [0.2, 0.25) is 5.95 Å². The number of nitrogens with one attached hydrogen (secondary N) is 3. The molecule has 0 saturated carbocycles. The van der Waals surface area contributed by atoms with Crippen LogP contribution in [0.3, 0.4) is 0 Å². The van der Waals surface area contributed by atoms with Crippen LogP contribution in [0.5, 0.6) is 0 Å². The van der Waals surface area contributed by atoms with Gasteiger partial charge >= 0.3 is 6.03 Å². The number of amides is 3. The lowest BCUT2D eigenvalue weighted by Crippen LogP contribution is -2.34. The smallest absolute Gasteiger partial charge is 0.319 e. The van der Waals surface area contributed by atoms with Crippen LogP contribution in [-0.2, 0) is 11.3 Å². The number of imidazole rings is 1. The molecule has 0 spiro atoms. The highest BCUT2D eigenvalue weighted by atomic mass is 16.5. The van der Waals surface area contributed by atoms with E-state index >= 15 is 0 Å². The van der Waals surface area contributed by atoms with E-state index in [0.717, 1.165) is 17.5 Å². The first-order valence-corrected chi connectivity index (χ1v) is 10.5. The van der Waals surface area contributed by atoms with Crippen LogP contribution in [0, 0.1) is 0 Å². The van der Waals surface area contributed by atoms with Gasteiger partial charge in [-0.3, -0.25) is 10.1 Å². The lowest BCUT2D eigenvalue weighted by molar-refractivity contribution is 0.102. The van der Waals surface area contributed by atoms with Crippen molar-refractivity contribution in [1.29, 1.82) is 0 Å². The van der Waals surface area contributed by atoms with E-state index < -0.39 is 0 Å². The number of aryl methyl sites for hydroxylation is 1. The fourth-order valence-corrected chi connectivity index (χ4v) is 3.21. The standard InChI is InChI=1S/C23H29N5O3/c1-4-31-14-8-13-28-20-12-6-5-11-19(20)26-22(28)27-21(29)17-9-7-10-18(15-17)25-23(30)24-16(2)3/h5-7,9-12,15-16H,4,8,13-14H2,1-3H3,(H2,24,25,30)(H,26,27,29). The minimum Gasteiger partial charge on any atom is -0.382 e. The first-order chi connectivity index (χ1) is 15.0. The number of hydrogen-bond acceptors (Lipinski definition) is 4. The number of ether oxygens (including phenoxy) is 1. The van der Waals surface area contributed by atoms with Crippen molar-refractivity contribution in [2.45, 2.75) is 39.8 Å². The van der Waals surface area contributed by atoms with E-state index in [1.54, 1.807) is 24.3 Å². The van der Waals surface area contributed by atoms with Crippen LogP contribution >= 0.6 is 0 Å². The van der Waals surface area contributed by atoms with Crippen molar-refractivity contribution in [3.63, 3.8) is 0 Å². The number of hydrogen-bond donors (Lipinski definition) is 3. The highest BCUT2D eigenvalue weighted by molar-refractivity contribution is 6.05. The summed E-state index contributed by atoms with van der Waals surface area (Å²) in [6.07, 6.45) is 0.807. The van der Waals surface area contributed by atoms with E-state index in [0.29, 0.717) is 37.0 Å². The van der Waals surface area contributed by atoms with Gasteiger partial charge in [-0.25, -0.2) is 9.78 Å². The maximum absolute atomic E-state index is 12.9. The molecule has 3 N–H and O–H groups in total. The molecule has 3 rings (SSSR count). The molecule has 0 aliphatic carbocycles. The summed E-state index contributed by atoms with van der Waals surface area (Å²) >= 11 is 0. The average Bonchev–Trinajstić information content (AvgIpc) is 3.07. The average molecular weight is 424 g/mol. The number of nitrogens with zero attached hydrogens (tertiary/aromatic N) is 2. The number of fused-ring (bicyclic) bond motifs is 1. The highest BCUT2D eigenvalue weighted by Gasteiger charge is 2.15. The maximum atomic E-state index is 12.9. The second kappa shape index (κ2) is 10.6. The van der Waals surface area contributed by atoms with Gasteiger partial charge in [0.15, 0.2) is 0 Å². The molecule has 164 valence electrons. The van der Waals surface area contributed by atoms with Gasteiger partial charge in [0.25, 0.3) is 5.91 Å². The Labute approximate surface area is 182 Å². The Kier molecular flexibility index (Phi) is 7.61. The molecule has 1 heterocycles. The molecule has 3 amide bonds. The Morgan fingerprint density at radius 2 is 1.90 bits per heavy atom. The van der Waals surface area contributed by atoms with E-state index in [1.165, 1.54) is 0 Å². The van der Waals surface area contributed by atoms with E-state index in [1.807, 2.05) is 49.6 Å². The number of benzene rings is 2. The van der Waals surface area contributed by atoms with Gasteiger partial charge < -0.3 is 19.9 Å². The number of urea groups is 1. The Morgan fingerprint density at radius 1 is 1.10 bits per heavy atom. The fraction of sp³-hybridized carbons (Fsp3) is 0.348. The third-order valence-electron chi connectivity index (χ3n) is 4.56. The van der Waals surface area contributed by atoms with Crippen LogP contribution in [-0.4, -0.2) is 40.7 Å². The molecule has 31 heavy (non-hydrogen) atoms. The van der Waals surface area contributed by atoms with Gasteiger partial charge in [-0.2, -0.15) is 0 Å². The van der Waals surface area contributed by atoms with Crippen LogP contribution < -0.4 is 16.0 Å². The number of anilines is 2. The second-order valence-electron chi connectivity index (χ2n) is 7.41. The Balaban J connectivity index is 1.77. The summed E-state index contributed by atoms with van der Waals surface area (Å²) in [4.78, 5) is 29.4. The molecule has 0 saturated heterocycles. The largest absolute Gasteiger partial charge is 0.382 e. The summed E-state index contributed by atoms with van der Waals surface area (Å²) in [5.74, 6) is 0.188. The Morgan fingerprint density at radius 3 is 2.68 bits per heavy atom. The first kappa shape index (κ1) is 22.3. The summed E-state index contributed by atoms with van der Waals surface area (Å²) in [6.45, 7) is 7.71. The maximum Gasteiger partial charge on any atom is 0.319 e. The van der Waals surface area contributed by atoms with Crippen molar-refractivity contribution in [2.24, 2.45) is 0 Å². The van der Waals surface area contributed by atoms with Gasteiger partial charge in [0.1, 0.15) is 0 Å². The molecule has 0 aliphatic rings. The fourth-order valence-electron chi connectivity index (χ4n) is 3.21. The van der Waals surface area contributed by atoms with Crippen LogP contribution in [0.15, 0.2) is 48.5 Å². The lowest BCUT2D eigenvalue weighted by Gasteiger charge is -2.12. The minimum atomic E-state index is -0.316. The lowest BCUT2D eigenvalue weighted by atomic mass is 10.2. The molecule has 3 aromatic rings. The quantitative estimate of drug-likeness (QED) is 0.448. The molecule has 0 fully saturated rings. The molecule has 0 aliphatic heterocycles. The molecule has 8 nitrogen and oxygen atoms in total. The van der Waals surface area contributed by atoms with Crippen LogP contribution in [0.4, 0.5) is 16.4 Å². The Hall–Kier alpha value is -3.39. The number of carbonyl (C=O) groups is 2. The molecule has 8 heteroatoms. The molecule has 0 atom stereocenters. The number of carbonyl (C=O) groups excluding carboxylic acids is 2. The van der Waals surface area contributed by atoms with Crippen molar-refractivity contribution in [1.82, 2.24) is 14.9 Å². The van der Waals surface area contributed by atoms with Gasteiger partial charge in [0.05, 0.1) is 11.0 Å². The first-order valence-electron chi connectivity index (χ1n) is 10.5. The third-order valence-corrected chi connectivity index (χ3v) is 4.56. The monoisotopic (exact) mass is 423 g/mol. The topological polar surface area (TPSA) is 97.3 Å². The van der Waals surface area contributed by atoms with E-state index in [-0.39, 0.29) is 18.0 Å². The van der Waals surface area contributed by atoms with Crippen molar-refractivity contribution in [2.75, 3.05) is 23.8 Å². The van der Waals surface area contributed by atoms with E-state index in [2.05, 4.69) is 20.9 Å². The number of rotatable bonds is 9. The zero-order valence-electron chi connectivity index (χ0n) is 18.1. The zero-order valence-corrected chi connectivity index (χ0v) is 18.1. The van der Waals surface area contributed by atoms with Gasteiger partial charge in [-0.1, -0.05) is 18.2 Å². The van der Waals surface area contributed by atoms with E-state index in [9.17, 15) is 9.59 Å². The summed E-state index contributed by atoms with van der Waals surface area (Å²) in [6, 6.07) is 14.3. The van der Waals surface area contributed by atoms with Crippen LogP contribution in [0.25, 0.3) is 11.0 Å². The SMILES string of the molecule is CCOCCCn1c(NC(=O)c2cccc(NC(=O)NC(C)C)c2)nc2ccccc21. The predicted molar refractivity (Wildman–Crippen MR) is 123 cm³/mol. The zero-order chi connectivity index (χ0) is 22.2.